The highest BCUT2D eigenvalue weighted by atomic mass is 16.5. The fourth-order valence-corrected chi connectivity index (χ4v) is 3.61. The molecule has 0 fully saturated rings. The number of rotatable bonds is 6. The van der Waals surface area contributed by atoms with Crippen molar-refractivity contribution in [2.45, 2.75) is 20.3 Å². The Balaban J connectivity index is 1.74. The second-order valence-corrected chi connectivity index (χ2v) is 7.10. The van der Waals surface area contributed by atoms with Crippen molar-refractivity contribution < 1.29 is 9.53 Å². The summed E-state index contributed by atoms with van der Waals surface area (Å²) >= 11 is 0. The Morgan fingerprint density at radius 3 is 2.67 bits per heavy atom. The molecule has 2 heterocycles. The molecule has 30 heavy (non-hydrogen) atoms. The van der Waals surface area contributed by atoms with Crippen LogP contribution in [0.5, 0.6) is 5.88 Å². The minimum atomic E-state index is 0.0266. The molecule has 4 aromatic rings. The van der Waals surface area contributed by atoms with Crippen molar-refractivity contribution in [1.29, 1.82) is 0 Å². The number of hydrogen-bond acceptors (Lipinski definition) is 5. The predicted octanol–water partition coefficient (Wildman–Crippen LogP) is 4.73. The summed E-state index contributed by atoms with van der Waals surface area (Å²) in [6.45, 7) is 5.50. The van der Waals surface area contributed by atoms with E-state index in [1.165, 1.54) is 0 Å². The standard InChI is InChI=1S/C24H24N4O2/c1-4-12-28(5-2)24(29)18-7-9-20-21(14-18)27-22(15-26-20)17-6-8-19-16(13-17)10-11-25-23(19)30-3/h6-11,13-15H,4-5,12H2,1-3H3. The topological polar surface area (TPSA) is 68.2 Å². The van der Waals surface area contributed by atoms with Crippen molar-refractivity contribution in [2.75, 3.05) is 20.2 Å². The molecule has 0 spiro atoms. The van der Waals surface area contributed by atoms with E-state index in [2.05, 4.69) is 16.9 Å². The van der Waals surface area contributed by atoms with Crippen molar-refractivity contribution in [1.82, 2.24) is 19.9 Å². The van der Waals surface area contributed by atoms with E-state index in [-0.39, 0.29) is 5.91 Å². The molecule has 0 aliphatic heterocycles. The molecule has 0 atom stereocenters. The summed E-state index contributed by atoms with van der Waals surface area (Å²) < 4.78 is 5.34. The fraction of sp³-hybridized carbons (Fsp3) is 0.250. The zero-order chi connectivity index (χ0) is 21.1. The molecular weight excluding hydrogens is 376 g/mol. The van der Waals surface area contributed by atoms with Gasteiger partial charge in [0.15, 0.2) is 0 Å². The van der Waals surface area contributed by atoms with Crippen LogP contribution in [-0.2, 0) is 0 Å². The van der Waals surface area contributed by atoms with Crippen LogP contribution in [0.4, 0.5) is 0 Å². The molecule has 4 rings (SSSR count). The lowest BCUT2D eigenvalue weighted by Crippen LogP contribution is -2.31. The maximum atomic E-state index is 12.8. The van der Waals surface area contributed by atoms with Crippen LogP contribution in [-0.4, -0.2) is 46.0 Å². The molecule has 0 radical (unpaired) electrons. The summed E-state index contributed by atoms with van der Waals surface area (Å²) in [4.78, 5) is 28.3. The third-order valence-electron chi connectivity index (χ3n) is 5.17. The number of ether oxygens (including phenoxy) is 1. The number of carbonyl (C=O) groups excluding carboxylic acids is 1. The van der Waals surface area contributed by atoms with E-state index >= 15 is 0 Å². The van der Waals surface area contributed by atoms with Gasteiger partial charge < -0.3 is 9.64 Å². The Hall–Kier alpha value is -3.54. The zero-order valence-electron chi connectivity index (χ0n) is 17.4. The number of fused-ring (bicyclic) bond motifs is 2. The average Bonchev–Trinajstić information content (AvgIpc) is 2.80. The van der Waals surface area contributed by atoms with Crippen LogP contribution < -0.4 is 4.74 Å². The van der Waals surface area contributed by atoms with Crippen LogP contribution in [0.15, 0.2) is 54.9 Å². The fourth-order valence-electron chi connectivity index (χ4n) is 3.61. The predicted molar refractivity (Wildman–Crippen MR) is 119 cm³/mol. The lowest BCUT2D eigenvalue weighted by molar-refractivity contribution is 0.0764. The van der Waals surface area contributed by atoms with E-state index in [9.17, 15) is 4.79 Å². The summed E-state index contributed by atoms with van der Waals surface area (Å²) in [6, 6.07) is 13.5. The van der Waals surface area contributed by atoms with Crippen molar-refractivity contribution in [3.63, 3.8) is 0 Å². The molecule has 0 saturated heterocycles. The van der Waals surface area contributed by atoms with E-state index in [4.69, 9.17) is 9.72 Å². The molecule has 0 saturated carbocycles. The highest BCUT2D eigenvalue weighted by Crippen LogP contribution is 2.28. The van der Waals surface area contributed by atoms with Gasteiger partial charge >= 0.3 is 0 Å². The molecule has 0 bridgehead atoms. The van der Waals surface area contributed by atoms with Gasteiger partial charge in [-0.3, -0.25) is 9.78 Å². The van der Waals surface area contributed by atoms with Gasteiger partial charge in [-0.1, -0.05) is 13.0 Å². The van der Waals surface area contributed by atoms with Gasteiger partial charge in [-0.2, -0.15) is 0 Å². The second kappa shape index (κ2) is 8.45. The van der Waals surface area contributed by atoms with Gasteiger partial charge in [0.25, 0.3) is 5.91 Å². The van der Waals surface area contributed by atoms with Gasteiger partial charge in [-0.25, -0.2) is 9.97 Å². The van der Waals surface area contributed by atoms with Crippen molar-refractivity contribution in [2.24, 2.45) is 0 Å². The van der Waals surface area contributed by atoms with Crippen molar-refractivity contribution in [3.05, 3.63) is 60.4 Å². The number of methoxy groups -OCH3 is 1. The van der Waals surface area contributed by atoms with Gasteiger partial charge in [0.2, 0.25) is 5.88 Å². The van der Waals surface area contributed by atoms with Crippen LogP contribution in [0.2, 0.25) is 0 Å². The maximum absolute atomic E-state index is 12.8. The zero-order valence-corrected chi connectivity index (χ0v) is 17.4. The van der Waals surface area contributed by atoms with Crippen LogP contribution in [0.3, 0.4) is 0 Å². The SMILES string of the molecule is CCCN(CC)C(=O)c1ccc2ncc(-c3ccc4c(OC)nccc4c3)nc2c1. The molecular formula is C24H24N4O2. The minimum Gasteiger partial charge on any atom is -0.481 e. The maximum Gasteiger partial charge on any atom is 0.253 e. The van der Waals surface area contributed by atoms with E-state index in [1.807, 2.05) is 54.3 Å². The average molecular weight is 400 g/mol. The molecule has 6 heteroatoms. The summed E-state index contributed by atoms with van der Waals surface area (Å²) in [6.07, 6.45) is 4.42. The number of nitrogens with zero attached hydrogens (tertiary/aromatic N) is 4. The van der Waals surface area contributed by atoms with Crippen LogP contribution in [0, 0.1) is 0 Å². The molecule has 2 aromatic carbocycles. The molecule has 2 aromatic heterocycles. The molecule has 1 amide bonds. The summed E-state index contributed by atoms with van der Waals surface area (Å²) in [5.74, 6) is 0.623. The van der Waals surface area contributed by atoms with E-state index in [0.717, 1.165) is 40.5 Å². The van der Waals surface area contributed by atoms with Crippen LogP contribution in [0.25, 0.3) is 33.1 Å². The van der Waals surface area contributed by atoms with Crippen LogP contribution in [0.1, 0.15) is 30.6 Å². The molecule has 6 nitrogen and oxygen atoms in total. The summed E-state index contributed by atoms with van der Waals surface area (Å²) in [5.41, 5.74) is 3.81. The lowest BCUT2D eigenvalue weighted by atomic mass is 10.1. The number of hydrogen-bond donors (Lipinski definition) is 0. The normalized spacial score (nSPS) is 11.0. The first kappa shape index (κ1) is 19.8. The molecule has 0 unspecified atom stereocenters. The minimum absolute atomic E-state index is 0.0266. The van der Waals surface area contributed by atoms with Crippen molar-refractivity contribution >= 4 is 27.7 Å². The van der Waals surface area contributed by atoms with E-state index < -0.39 is 0 Å². The molecule has 152 valence electrons. The third-order valence-corrected chi connectivity index (χ3v) is 5.17. The second-order valence-electron chi connectivity index (χ2n) is 7.10. The number of benzene rings is 2. The molecule has 0 N–H and O–H groups in total. The third kappa shape index (κ3) is 3.68. The number of pyridine rings is 1. The van der Waals surface area contributed by atoms with Gasteiger partial charge in [0.05, 0.1) is 30.0 Å². The first-order valence-corrected chi connectivity index (χ1v) is 10.1. The van der Waals surface area contributed by atoms with Gasteiger partial charge in [0, 0.05) is 35.8 Å². The molecule has 0 aliphatic carbocycles. The van der Waals surface area contributed by atoms with Gasteiger partial charge in [-0.15, -0.1) is 0 Å². The first-order valence-electron chi connectivity index (χ1n) is 10.1. The Morgan fingerprint density at radius 1 is 1.03 bits per heavy atom. The quantitative estimate of drug-likeness (QED) is 0.468. The van der Waals surface area contributed by atoms with E-state index in [0.29, 0.717) is 23.5 Å². The Kier molecular flexibility index (Phi) is 5.57. The first-order chi connectivity index (χ1) is 14.6. The van der Waals surface area contributed by atoms with Gasteiger partial charge in [0.1, 0.15) is 0 Å². The Bertz CT molecular complexity index is 1220. The highest BCUT2D eigenvalue weighted by molar-refractivity contribution is 5.97. The Labute approximate surface area is 175 Å². The summed E-state index contributed by atoms with van der Waals surface area (Å²) in [7, 11) is 1.61. The number of aromatic nitrogens is 3. The Morgan fingerprint density at radius 2 is 1.90 bits per heavy atom. The highest BCUT2D eigenvalue weighted by Gasteiger charge is 2.15. The van der Waals surface area contributed by atoms with E-state index in [1.54, 1.807) is 19.5 Å². The van der Waals surface area contributed by atoms with Crippen molar-refractivity contribution in [3.8, 4) is 17.1 Å². The monoisotopic (exact) mass is 400 g/mol. The summed E-state index contributed by atoms with van der Waals surface area (Å²) in [5, 5.41) is 1.96. The van der Waals surface area contributed by atoms with Gasteiger partial charge in [-0.05, 0) is 55.1 Å². The number of amides is 1. The largest absolute Gasteiger partial charge is 0.481 e. The van der Waals surface area contributed by atoms with Crippen LogP contribution >= 0.6 is 0 Å². The lowest BCUT2D eigenvalue weighted by Gasteiger charge is -2.20. The number of carbonyl (C=O) groups is 1. The smallest absolute Gasteiger partial charge is 0.253 e. The molecule has 0 aliphatic rings.